The maximum absolute atomic E-state index is 8.73. The molecule has 0 aromatic heterocycles. The maximum atomic E-state index is 8.73. The van der Waals surface area contributed by atoms with Crippen LogP contribution in [0.4, 0.5) is 0 Å². The van der Waals surface area contributed by atoms with Gasteiger partial charge in [0, 0.05) is 0 Å². The van der Waals surface area contributed by atoms with E-state index in [1.807, 2.05) is 24.3 Å². The highest BCUT2D eigenvalue weighted by Gasteiger charge is 2.10. The van der Waals surface area contributed by atoms with E-state index in [0.29, 0.717) is 11.1 Å². The zero-order valence-electron chi connectivity index (χ0n) is 9.47. The molecule has 0 bridgehead atoms. The molecule has 0 amide bonds. The minimum absolute atomic E-state index is 0.273. The van der Waals surface area contributed by atoms with Crippen molar-refractivity contribution in [1.82, 2.24) is 0 Å². The molecule has 2 nitrogen and oxygen atoms in total. The van der Waals surface area contributed by atoms with Crippen molar-refractivity contribution >= 4 is 11.6 Å². The molecule has 0 heterocycles. The molecule has 2 rings (SSSR count). The highest BCUT2D eigenvalue weighted by molar-refractivity contribution is 6.22. The van der Waals surface area contributed by atoms with Gasteiger partial charge in [0.1, 0.15) is 0 Å². The van der Waals surface area contributed by atoms with Crippen LogP contribution in [-0.2, 0) is 0 Å². The van der Waals surface area contributed by atoms with Gasteiger partial charge in [0.2, 0.25) is 0 Å². The van der Waals surface area contributed by atoms with Crippen LogP contribution in [0.15, 0.2) is 48.5 Å². The van der Waals surface area contributed by atoms with E-state index in [2.05, 4.69) is 12.1 Å². The second-order valence-electron chi connectivity index (χ2n) is 3.83. The van der Waals surface area contributed by atoms with Gasteiger partial charge in [-0.2, -0.15) is 10.5 Å². The molecule has 0 atom stereocenters. The van der Waals surface area contributed by atoms with Gasteiger partial charge in [0.05, 0.1) is 28.6 Å². The molecule has 0 saturated heterocycles. The molecule has 86 valence electrons. The number of benzene rings is 2. The smallest absolute Gasteiger partial charge is 0.0991 e. The predicted molar refractivity (Wildman–Crippen MR) is 70.0 cm³/mol. The van der Waals surface area contributed by atoms with Gasteiger partial charge in [-0.15, -0.1) is 11.6 Å². The van der Waals surface area contributed by atoms with E-state index in [1.165, 1.54) is 0 Å². The van der Waals surface area contributed by atoms with Crippen LogP contribution in [0.1, 0.15) is 27.6 Å². The second kappa shape index (κ2) is 5.36. The van der Waals surface area contributed by atoms with Gasteiger partial charge >= 0.3 is 0 Å². The number of hydrogen-bond acceptors (Lipinski definition) is 2. The van der Waals surface area contributed by atoms with E-state index >= 15 is 0 Å². The Morgan fingerprint density at radius 1 is 0.722 bits per heavy atom. The lowest BCUT2D eigenvalue weighted by Crippen LogP contribution is -1.93. The van der Waals surface area contributed by atoms with Crippen LogP contribution in [0.25, 0.3) is 0 Å². The monoisotopic (exact) mass is 252 g/mol. The number of hydrogen-bond donors (Lipinski definition) is 0. The van der Waals surface area contributed by atoms with Crippen LogP contribution in [0, 0.1) is 22.7 Å². The zero-order chi connectivity index (χ0) is 13.0. The summed E-state index contributed by atoms with van der Waals surface area (Å²) in [7, 11) is 0. The van der Waals surface area contributed by atoms with Crippen molar-refractivity contribution in [3.05, 3.63) is 70.8 Å². The first-order valence-electron chi connectivity index (χ1n) is 5.39. The number of nitrogens with zero attached hydrogens (tertiary/aromatic N) is 2. The van der Waals surface area contributed by atoms with E-state index in [-0.39, 0.29) is 5.38 Å². The van der Waals surface area contributed by atoms with Crippen molar-refractivity contribution in [2.24, 2.45) is 0 Å². The molecule has 0 aliphatic carbocycles. The average Bonchev–Trinajstić information content (AvgIpc) is 2.47. The fourth-order valence-electron chi connectivity index (χ4n) is 1.65. The van der Waals surface area contributed by atoms with Crippen molar-refractivity contribution in [2.75, 3.05) is 0 Å². The third-order valence-corrected chi connectivity index (χ3v) is 3.17. The molecule has 0 N–H and O–H groups in total. The molecule has 0 unspecified atom stereocenters. The molecule has 0 radical (unpaired) electrons. The lowest BCUT2D eigenvalue weighted by atomic mass is 10.0. The quantitative estimate of drug-likeness (QED) is 0.764. The number of nitriles is 2. The number of alkyl halides is 1. The SMILES string of the molecule is N#Cc1ccc(C(Cl)c2ccc(C#N)cc2)cc1. The molecular formula is C15H9ClN2. The fourth-order valence-corrected chi connectivity index (χ4v) is 1.94. The summed E-state index contributed by atoms with van der Waals surface area (Å²) in [5.74, 6) is 0. The van der Waals surface area contributed by atoms with Gasteiger partial charge in [-0.05, 0) is 35.4 Å². The summed E-state index contributed by atoms with van der Waals surface area (Å²) in [5.41, 5.74) is 3.09. The normalized spacial score (nSPS) is 9.78. The van der Waals surface area contributed by atoms with Gasteiger partial charge < -0.3 is 0 Å². The van der Waals surface area contributed by atoms with Crippen molar-refractivity contribution in [2.45, 2.75) is 5.38 Å². The van der Waals surface area contributed by atoms with Crippen LogP contribution in [0.5, 0.6) is 0 Å². The Morgan fingerprint density at radius 2 is 1.06 bits per heavy atom. The summed E-state index contributed by atoms with van der Waals surface area (Å²) in [5, 5.41) is 17.2. The molecule has 18 heavy (non-hydrogen) atoms. The van der Waals surface area contributed by atoms with Crippen LogP contribution in [-0.4, -0.2) is 0 Å². The summed E-state index contributed by atoms with van der Waals surface area (Å²) in [6.07, 6.45) is 0. The summed E-state index contributed by atoms with van der Waals surface area (Å²) < 4.78 is 0. The number of rotatable bonds is 2. The van der Waals surface area contributed by atoms with E-state index in [0.717, 1.165) is 11.1 Å². The van der Waals surface area contributed by atoms with Gasteiger partial charge in [-0.1, -0.05) is 24.3 Å². The molecule has 2 aromatic carbocycles. The first kappa shape index (κ1) is 12.2. The Kier molecular flexibility index (Phi) is 3.63. The highest BCUT2D eigenvalue weighted by Crippen LogP contribution is 2.28. The van der Waals surface area contributed by atoms with Gasteiger partial charge in [-0.25, -0.2) is 0 Å². The summed E-state index contributed by atoms with van der Waals surface area (Å²) in [6.45, 7) is 0. The number of halogens is 1. The third-order valence-electron chi connectivity index (χ3n) is 2.66. The van der Waals surface area contributed by atoms with Crippen LogP contribution in [0.2, 0.25) is 0 Å². The molecule has 2 aromatic rings. The molecular weight excluding hydrogens is 244 g/mol. The van der Waals surface area contributed by atoms with Gasteiger partial charge in [-0.3, -0.25) is 0 Å². The molecule has 0 aliphatic rings. The minimum atomic E-state index is -0.273. The third kappa shape index (κ3) is 2.51. The first-order valence-corrected chi connectivity index (χ1v) is 5.82. The van der Waals surface area contributed by atoms with E-state index < -0.39 is 0 Å². The fraction of sp³-hybridized carbons (Fsp3) is 0.0667. The Morgan fingerprint density at radius 3 is 1.33 bits per heavy atom. The topological polar surface area (TPSA) is 47.6 Å². The van der Waals surface area contributed by atoms with Gasteiger partial charge in [0.25, 0.3) is 0 Å². The van der Waals surface area contributed by atoms with Crippen LogP contribution >= 0.6 is 11.6 Å². The lowest BCUT2D eigenvalue weighted by Gasteiger charge is -2.10. The van der Waals surface area contributed by atoms with Gasteiger partial charge in [0.15, 0.2) is 0 Å². The molecule has 0 fully saturated rings. The molecule has 3 heteroatoms. The van der Waals surface area contributed by atoms with Crippen molar-refractivity contribution in [3.8, 4) is 12.1 Å². The van der Waals surface area contributed by atoms with Crippen molar-refractivity contribution in [3.63, 3.8) is 0 Å². The Bertz CT molecular complexity index is 558. The zero-order valence-corrected chi connectivity index (χ0v) is 10.2. The van der Waals surface area contributed by atoms with E-state index in [9.17, 15) is 0 Å². The van der Waals surface area contributed by atoms with E-state index in [4.69, 9.17) is 22.1 Å². The lowest BCUT2D eigenvalue weighted by molar-refractivity contribution is 1.14. The average molecular weight is 253 g/mol. The van der Waals surface area contributed by atoms with Crippen molar-refractivity contribution < 1.29 is 0 Å². The molecule has 0 spiro atoms. The Hall–Kier alpha value is -2.29. The minimum Gasteiger partial charge on any atom is -0.192 e. The molecule has 0 aliphatic heterocycles. The van der Waals surface area contributed by atoms with Crippen LogP contribution < -0.4 is 0 Å². The summed E-state index contributed by atoms with van der Waals surface area (Å²) in [6, 6.07) is 18.5. The Balaban J connectivity index is 2.27. The standard InChI is InChI=1S/C15H9ClN2/c16-15(13-5-1-11(9-17)2-6-13)14-7-3-12(10-18)4-8-14/h1-8,15H. The maximum Gasteiger partial charge on any atom is 0.0991 e. The summed E-state index contributed by atoms with van der Waals surface area (Å²) >= 11 is 6.36. The summed E-state index contributed by atoms with van der Waals surface area (Å²) in [4.78, 5) is 0. The Labute approximate surface area is 111 Å². The van der Waals surface area contributed by atoms with Crippen molar-refractivity contribution in [1.29, 1.82) is 10.5 Å². The predicted octanol–water partition coefficient (Wildman–Crippen LogP) is 3.76. The second-order valence-corrected chi connectivity index (χ2v) is 4.27. The van der Waals surface area contributed by atoms with Crippen LogP contribution in [0.3, 0.4) is 0 Å². The van der Waals surface area contributed by atoms with E-state index in [1.54, 1.807) is 24.3 Å². The highest BCUT2D eigenvalue weighted by atomic mass is 35.5. The molecule has 0 saturated carbocycles. The first-order chi connectivity index (χ1) is 8.74. The largest absolute Gasteiger partial charge is 0.192 e.